The van der Waals surface area contributed by atoms with Crippen molar-refractivity contribution in [2.45, 2.75) is 19.1 Å². The highest BCUT2D eigenvalue weighted by molar-refractivity contribution is 5.82. The molecule has 1 heterocycles. The van der Waals surface area contributed by atoms with Crippen LogP contribution in [-0.4, -0.2) is 5.97 Å². The molecule has 4 rings (SSSR count). The summed E-state index contributed by atoms with van der Waals surface area (Å²) in [5.74, 6) is -0.641. The molecule has 0 saturated carbocycles. The number of rotatable bonds is 8. The zero-order chi connectivity index (χ0) is 22.2. The molecule has 0 aliphatic carbocycles. The molecule has 0 amide bonds. The third-order valence-electron chi connectivity index (χ3n) is 4.95. The van der Waals surface area contributed by atoms with Crippen LogP contribution in [0.25, 0.3) is 0 Å². The first-order valence-corrected chi connectivity index (χ1v) is 10.3. The fourth-order valence-corrected chi connectivity index (χ4v) is 3.34. The van der Waals surface area contributed by atoms with Crippen molar-refractivity contribution in [2.75, 3.05) is 0 Å². The summed E-state index contributed by atoms with van der Waals surface area (Å²) in [6, 6.07) is 29.7. The molecular weight excluding hydrogens is 404 g/mol. The highest BCUT2D eigenvalue weighted by atomic mass is 16.5. The summed E-state index contributed by atoms with van der Waals surface area (Å²) in [7, 11) is 0. The topological polar surface area (TPSA) is 65.7 Å². The van der Waals surface area contributed by atoms with Crippen molar-refractivity contribution in [2.24, 2.45) is 0 Å². The maximum absolute atomic E-state index is 13.0. The molecule has 0 unspecified atom stereocenters. The minimum Gasteiger partial charge on any atom is -0.482 e. The van der Waals surface area contributed by atoms with E-state index in [9.17, 15) is 9.59 Å². The Morgan fingerprint density at radius 1 is 0.781 bits per heavy atom. The van der Waals surface area contributed by atoms with Crippen molar-refractivity contribution in [1.29, 1.82) is 0 Å². The molecule has 4 aromatic rings. The van der Waals surface area contributed by atoms with Crippen molar-refractivity contribution in [3.05, 3.63) is 136 Å². The van der Waals surface area contributed by atoms with E-state index in [-0.39, 0.29) is 30.2 Å². The summed E-state index contributed by atoms with van der Waals surface area (Å²) in [5, 5.41) is 0. The van der Waals surface area contributed by atoms with E-state index in [0.717, 1.165) is 16.7 Å². The Hall–Kier alpha value is -4.12. The van der Waals surface area contributed by atoms with Gasteiger partial charge in [0.15, 0.2) is 0 Å². The van der Waals surface area contributed by atoms with E-state index in [1.54, 1.807) is 0 Å². The highest BCUT2D eigenvalue weighted by Gasteiger charge is 2.24. The maximum atomic E-state index is 13.0. The first-order valence-electron chi connectivity index (χ1n) is 10.3. The third kappa shape index (κ3) is 5.32. The van der Waals surface area contributed by atoms with E-state index in [4.69, 9.17) is 13.9 Å². The average Bonchev–Trinajstić information content (AvgIpc) is 2.84. The number of hydrogen-bond donors (Lipinski definition) is 0. The smallest absolute Gasteiger partial charge is 0.318 e. The second-order valence-electron chi connectivity index (χ2n) is 7.21. The minimum absolute atomic E-state index is 0.107. The molecular formula is C27H22O5. The third-order valence-corrected chi connectivity index (χ3v) is 4.95. The Morgan fingerprint density at radius 2 is 1.34 bits per heavy atom. The molecule has 1 aromatic heterocycles. The van der Waals surface area contributed by atoms with Gasteiger partial charge in [-0.05, 0) is 16.7 Å². The lowest BCUT2D eigenvalue weighted by Crippen LogP contribution is -2.17. The highest BCUT2D eigenvalue weighted by Crippen LogP contribution is 2.26. The van der Waals surface area contributed by atoms with E-state index in [1.807, 2.05) is 91.0 Å². The summed E-state index contributed by atoms with van der Waals surface area (Å²) >= 11 is 0. The van der Waals surface area contributed by atoms with Gasteiger partial charge in [0.25, 0.3) is 0 Å². The van der Waals surface area contributed by atoms with Crippen LogP contribution >= 0.6 is 0 Å². The monoisotopic (exact) mass is 426 g/mol. The SMILES string of the molecule is O=C(OCc1cc(=O)c(OCc2ccccc2)co1)C(c1ccccc1)c1ccccc1. The predicted molar refractivity (Wildman–Crippen MR) is 120 cm³/mol. The van der Waals surface area contributed by atoms with Crippen molar-refractivity contribution in [3.63, 3.8) is 0 Å². The molecule has 0 fully saturated rings. The number of carbonyl (C=O) groups excluding carboxylic acids is 1. The van der Waals surface area contributed by atoms with Crippen LogP contribution in [0.4, 0.5) is 0 Å². The van der Waals surface area contributed by atoms with Crippen LogP contribution in [0.1, 0.15) is 28.4 Å². The van der Waals surface area contributed by atoms with Gasteiger partial charge in [0.1, 0.15) is 31.2 Å². The molecule has 0 spiro atoms. The first kappa shape index (κ1) is 21.1. The number of ether oxygens (including phenoxy) is 2. The maximum Gasteiger partial charge on any atom is 0.318 e. The molecule has 0 saturated heterocycles. The van der Waals surface area contributed by atoms with Gasteiger partial charge in [-0.3, -0.25) is 9.59 Å². The largest absolute Gasteiger partial charge is 0.482 e. The van der Waals surface area contributed by atoms with Gasteiger partial charge < -0.3 is 13.9 Å². The molecule has 0 radical (unpaired) electrons. The number of benzene rings is 3. The van der Waals surface area contributed by atoms with Gasteiger partial charge in [0, 0.05) is 6.07 Å². The van der Waals surface area contributed by atoms with E-state index in [1.165, 1.54) is 12.3 Å². The fraction of sp³-hybridized carbons (Fsp3) is 0.111. The zero-order valence-electron chi connectivity index (χ0n) is 17.3. The van der Waals surface area contributed by atoms with Gasteiger partial charge >= 0.3 is 5.97 Å². The lowest BCUT2D eigenvalue weighted by Gasteiger charge is -2.17. The lowest BCUT2D eigenvalue weighted by molar-refractivity contribution is -0.146. The molecule has 160 valence electrons. The van der Waals surface area contributed by atoms with Gasteiger partial charge in [-0.25, -0.2) is 0 Å². The molecule has 0 aliphatic rings. The van der Waals surface area contributed by atoms with E-state index < -0.39 is 11.9 Å². The summed E-state index contributed by atoms with van der Waals surface area (Å²) < 4.78 is 16.5. The van der Waals surface area contributed by atoms with Crippen molar-refractivity contribution in [3.8, 4) is 5.75 Å². The van der Waals surface area contributed by atoms with Crippen LogP contribution in [0.5, 0.6) is 5.75 Å². The standard InChI is InChI=1S/C27H22O5/c28-24-16-23(30-19-25(24)31-17-20-10-4-1-5-11-20)18-32-27(29)26(21-12-6-2-7-13-21)22-14-8-3-9-15-22/h1-16,19,26H,17-18H2. The lowest BCUT2D eigenvalue weighted by atomic mass is 9.91. The Labute approximate surface area is 185 Å². The van der Waals surface area contributed by atoms with E-state index >= 15 is 0 Å². The van der Waals surface area contributed by atoms with Crippen LogP contribution in [0.2, 0.25) is 0 Å². The Balaban J connectivity index is 1.43. The van der Waals surface area contributed by atoms with Gasteiger partial charge in [-0.2, -0.15) is 0 Å². The van der Waals surface area contributed by atoms with Crippen molar-refractivity contribution < 1.29 is 18.7 Å². The zero-order valence-corrected chi connectivity index (χ0v) is 17.3. The molecule has 0 bridgehead atoms. The summed E-state index contributed by atoms with van der Waals surface area (Å²) in [6.45, 7) is 0.110. The normalized spacial score (nSPS) is 10.7. The van der Waals surface area contributed by atoms with Crippen LogP contribution in [0.3, 0.4) is 0 Å². The van der Waals surface area contributed by atoms with Crippen LogP contribution < -0.4 is 10.2 Å². The average molecular weight is 426 g/mol. The van der Waals surface area contributed by atoms with Crippen LogP contribution in [0.15, 0.2) is 113 Å². The number of carbonyl (C=O) groups is 1. The second-order valence-corrected chi connectivity index (χ2v) is 7.21. The number of esters is 1. The van der Waals surface area contributed by atoms with Crippen molar-refractivity contribution >= 4 is 5.97 Å². The molecule has 32 heavy (non-hydrogen) atoms. The predicted octanol–water partition coefficient (Wildman–Crippen LogP) is 5.09. The molecule has 0 atom stereocenters. The minimum atomic E-state index is -0.572. The Kier molecular flexibility index (Phi) is 6.78. The van der Waals surface area contributed by atoms with Gasteiger partial charge in [-0.15, -0.1) is 0 Å². The summed E-state index contributed by atoms with van der Waals surface area (Å²) in [4.78, 5) is 25.3. The van der Waals surface area contributed by atoms with Gasteiger partial charge in [0.2, 0.25) is 11.2 Å². The van der Waals surface area contributed by atoms with Crippen LogP contribution in [-0.2, 0) is 22.7 Å². The Bertz CT molecular complexity index is 1160. The van der Waals surface area contributed by atoms with Crippen molar-refractivity contribution in [1.82, 2.24) is 0 Å². The molecule has 3 aromatic carbocycles. The quantitative estimate of drug-likeness (QED) is 0.367. The van der Waals surface area contributed by atoms with Crippen LogP contribution in [0, 0.1) is 0 Å². The molecule has 5 heteroatoms. The Morgan fingerprint density at radius 3 is 1.91 bits per heavy atom. The molecule has 0 N–H and O–H groups in total. The second kappa shape index (κ2) is 10.3. The molecule has 5 nitrogen and oxygen atoms in total. The summed E-state index contributed by atoms with van der Waals surface area (Å²) in [5.41, 5.74) is 2.27. The van der Waals surface area contributed by atoms with Gasteiger partial charge in [-0.1, -0.05) is 91.0 Å². The molecule has 0 aliphatic heterocycles. The van der Waals surface area contributed by atoms with E-state index in [0.29, 0.717) is 0 Å². The van der Waals surface area contributed by atoms with E-state index in [2.05, 4.69) is 0 Å². The fourth-order valence-electron chi connectivity index (χ4n) is 3.34. The number of hydrogen-bond acceptors (Lipinski definition) is 5. The summed E-state index contributed by atoms with van der Waals surface area (Å²) in [6.07, 6.45) is 1.25. The van der Waals surface area contributed by atoms with Gasteiger partial charge in [0.05, 0.1) is 0 Å². The first-order chi connectivity index (χ1) is 15.7.